The van der Waals surface area contributed by atoms with Crippen molar-refractivity contribution in [1.29, 1.82) is 0 Å². The van der Waals surface area contributed by atoms with Crippen molar-refractivity contribution in [2.24, 2.45) is 0 Å². The topological polar surface area (TPSA) is 118 Å². The number of fused-ring (bicyclic) bond motifs is 1. The number of nitro groups is 1. The van der Waals surface area contributed by atoms with Crippen LogP contribution in [0.2, 0.25) is 0 Å². The first-order valence-corrected chi connectivity index (χ1v) is 8.68. The highest BCUT2D eigenvalue weighted by atomic mass is 16.6. The summed E-state index contributed by atoms with van der Waals surface area (Å²) in [7, 11) is 0. The molecule has 0 atom stereocenters. The third kappa shape index (κ3) is 3.51. The van der Waals surface area contributed by atoms with Gasteiger partial charge in [0.1, 0.15) is 11.3 Å². The Hall–Kier alpha value is -4.20. The number of benzene rings is 3. The fraction of sp³-hybridized carbons (Fsp3) is 0.0476. The number of oxazole rings is 1. The van der Waals surface area contributed by atoms with E-state index in [4.69, 9.17) is 4.42 Å². The van der Waals surface area contributed by atoms with Gasteiger partial charge in [0, 0.05) is 28.9 Å². The largest absolute Gasteiger partial charge is 0.507 e. The zero-order valence-electron chi connectivity index (χ0n) is 15.2. The number of carbonyl (C=O) groups is 1. The first kappa shape index (κ1) is 18.2. The number of aromatic hydroxyl groups is 1. The molecule has 8 nitrogen and oxygen atoms in total. The Balaban J connectivity index is 1.59. The standard InChI is InChI=1S/C21H15N3O5/c1-12-6-7-13(10-17(12)24(27)28)20(26)22-14-8-9-15(18(25)11-14)21-23-16-4-2-3-5-19(16)29-21/h2-11,25H,1H3,(H,22,26). The molecule has 1 amide bonds. The Kier molecular flexibility index (Phi) is 4.44. The average molecular weight is 389 g/mol. The summed E-state index contributed by atoms with van der Waals surface area (Å²) in [6.07, 6.45) is 0. The van der Waals surface area contributed by atoms with Crippen LogP contribution in [0, 0.1) is 17.0 Å². The molecule has 0 unspecified atom stereocenters. The van der Waals surface area contributed by atoms with E-state index < -0.39 is 10.8 Å². The van der Waals surface area contributed by atoms with E-state index >= 15 is 0 Å². The van der Waals surface area contributed by atoms with Crippen molar-refractivity contribution in [3.63, 3.8) is 0 Å². The lowest BCUT2D eigenvalue weighted by molar-refractivity contribution is -0.385. The molecule has 4 aromatic rings. The molecule has 2 N–H and O–H groups in total. The van der Waals surface area contributed by atoms with Gasteiger partial charge in [-0.3, -0.25) is 14.9 Å². The van der Waals surface area contributed by atoms with Crippen molar-refractivity contribution < 1.29 is 19.2 Å². The summed E-state index contributed by atoms with van der Waals surface area (Å²) in [6.45, 7) is 1.60. The molecule has 1 heterocycles. The van der Waals surface area contributed by atoms with Crippen molar-refractivity contribution in [3.8, 4) is 17.2 Å². The van der Waals surface area contributed by atoms with E-state index in [1.807, 2.05) is 12.1 Å². The Morgan fingerprint density at radius 3 is 2.66 bits per heavy atom. The first-order chi connectivity index (χ1) is 13.9. The van der Waals surface area contributed by atoms with Gasteiger partial charge in [-0.05, 0) is 37.3 Å². The van der Waals surface area contributed by atoms with Gasteiger partial charge in [-0.2, -0.15) is 0 Å². The lowest BCUT2D eigenvalue weighted by Gasteiger charge is -2.08. The molecule has 3 aromatic carbocycles. The first-order valence-electron chi connectivity index (χ1n) is 8.68. The van der Waals surface area contributed by atoms with Crippen LogP contribution in [-0.4, -0.2) is 20.9 Å². The highest BCUT2D eigenvalue weighted by Crippen LogP contribution is 2.33. The summed E-state index contributed by atoms with van der Waals surface area (Å²) in [5, 5.41) is 24.0. The predicted molar refractivity (Wildman–Crippen MR) is 107 cm³/mol. The van der Waals surface area contributed by atoms with Gasteiger partial charge in [0.05, 0.1) is 10.5 Å². The number of hydrogen-bond donors (Lipinski definition) is 2. The zero-order valence-corrected chi connectivity index (χ0v) is 15.2. The molecule has 0 aliphatic heterocycles. The van der Waals surface area contributed by atoms with Gasteiger partial charge in [0.25, 0.3) is 11.6 Å². The van der Waals surface area contributed by atoms with Gasteiger partial charge < -0.3 is 14.8 Å². The van der Waals surface area contributed by atoms with Crippen LogP contribution in [0.4, 0.5) is 11.4 Å². The minimum Gasteiger partial charge on any atom is -0.507 e. The van der Waals surface area contributed by atoms with Crippen LogP contribution >= 0.6 is 0 Å². The van der Waals surface area contributed by atoms with Crippen LogP contribution in [0.3, 0.4) is 0 Å². The maximum atomic E-state index is 12.4. The molecule has 0 saturated carbocycles. The minimum atomic E-state index is -0.535. The predicted octanol–water partition coefficient (Wildman–Crippen LogP) is 4.67. The van der Waals surface area contributed by atoms with E-state index in [0.717, 1.165) is 0 Å². The van der Waals surface area contributed by atoms with Gasteiger partial charge in [-0.25, -0.2) is 4.98 Å². The monoisotopic (exact) mass is 389 g/mol. The third-order valence-corrected chi connectivity index (χ3v) is 4.45. The summed E-state index contributed by atoms with van der Waals surface area (Å²) in [5.74, 6) is -0.387. The number of aryl methyl sites for hydroxylation is 1. The lowest BCUT2D eigenvalue weighted by Crippen LogP contribution is -2.12. The maximum absolute atomic E-state index is 12.4. The molecule has 0 aliphatic carbocycles. The number of phenols is 1. The Bertz CT molecular complexity index is 1230. The van der Waals surface area contributed by atoms with E-state index in [2.05, 4.69) is 10.3 Å². The number of phenolic OH excluding ortho intramolecular Hbond substituents is 1. The Labute approximate surface area is 164 Å². The van der Waals surface area contributed by atoms with Crippen LogP contribution in [0.1, 0.15) is 15.9 Å². The van der Waals surface area contributed by atoms with Crippen molar-refractivity contribution >= 4 is 28.4 Å². The summed E-state index contributed by atoms with van der Waals surface area (Å²) in [5.41, 5.74) is 2.45. The molecular formula is C21H15N3O5. The van der Waals surface area contributed by atoms with E-state index in [1.165, 1.54) is 24.3 Å². The molecule has 0 bridgehead atoms. The summed E-state index contributed by atoms with van der Waals surface area (Å²) >= 11 is 0. The van der Waals surface area contributed by atoms with Crippen LogP contribution in [0.15, 0.2) is 65.1 Å². The molecular weight excluding hydrogens is 374 g/mol. The normalized spacial score (nSPS) is 10.8. The molecule has 8 heteroatoms. The number of aromatic nitrogens is 1. The van der Waals surface area contributed by atoms with Crippen molar-refractivity contribution in [3.05, 3.63) is 81.9 Å². The average Bonchev–Trinajstić information content (AvgIpc) is 3.12. The molecule has 0 aliphatic rings. The SMILES string of the molecule is Cc1ccc(C(=O)Nc2ccc(-c3nc4ccccc4o3)c(O)c2)cc1[N+](=O)[O-]. The van der Waals surface area contributed by atoms with E-state index in [9.17, 15) is 20.0 Å². The van der Waals surface area contributed by atoms with Crippen LogP contribution in [-0.2, 0) is 0 Å². The van der Waals surface area contributed by atoms with Gasteiger partial charge in [-0.15, -0.1) is 0 Å². The van der Waals surface area contributed by atoms with Crippen LogP contribution in [0.5, 0.6) is 5.75 Å². The van der Waals surface area contributed by atoms with Crippen LogP contribution < -0.4 is 5.32 Å². The van der Waals surface area contributed by atoms with Crippen molar-refractivity contribution in [1.82, 2.24) is 4.98 Å². The number of rotatable bonds is 4. The molecule has 0 spiro atoms. The van der Waals surface area contributed by atoms with Crippen molar-refractivity contribution in [2.75, 3.05) is 5.32 Å². The second-order valence-corrected chi connectivity index (χ2v) is 6.43. The molecule has 0 fully saturated rings. The Morgan fingerprint density at radius 2 is 1.93 bits per heavy atom. The van der Waals surface area contributed by atoms with Gasteiger partial charge in [0.15, 0.2) is 5.58 Å². The van der Waals surface area contributed by atoms with E-state index in [0.29, 0.717) is 27.9 Å². The number of anilines is 1. The summed E-state index contributed by atoms with van der Waals surface area (Å²) < 4.78 is 5.65. The summed E-state index contributed by atoms with van der Waals surface area (Å²) in [4.78, 5) is 27.3. The quantitative estimate of drug-likeness (QED) is 0.387. The third-order valence-electron chi connectivity index (χ3n) is 4.45. The smallest absolute Gasteiger partial charge is 0.273 e. The number of nitro benzene ring substituents is 1. The van der Waals surface area contributed by atoms with Crippen molar-refractivity contribution in [2.45, 2.75) is 6.92 Å². The van der Waals surface area contributed by atoms with Gasteiger partial charge in [-0.1, -0.05) is 18.2 Å². The van der Waals surface area contributed by atoms with E-state index in [-0.39, 0.29) is 22.9 Å². The Morgan fingerprint density at radius 1 is 1.14 bits per heavy atom. The highest BCUT2D eigenvalue weighted by Gasteiger charge is 2.17. The lowest BCUT2D eigenvalue weighted by atomic mass is 10.1. The zero-order chi connectivity index (χ0) is 20.5. The number of amides is 1. The summed E-state index contributed by atoms with van der Waals surface area (Å²) in [6, 6.07) is 16.0. The molecule has 29 heavy (non-hydrogen) atoms. The molecule has 0 saturated heterocycles. The molecule has 144 valence electrons. The molecule has 4 rings (SSSR count). The maximum Gasteiger partial charge on any atom is 0.273 e. The second-order valence-electron chi connectivity index (χ2n) is 6.43. The highest BCUT2D eigenvalue weighted by molar-refractivity contribution is 6.05. The number of carbonyl (C=O) groups excluding carboxylic acids is 1. The molecule has 1 aromatic heterocycles. The van der Waals surface area contributed by atoms with Gasteiger partial charge in [0.2, 0.25) is 5.89 Å². The minimum absolute atomic E-state index is 0.121. The fourth-order valence-electron chi connectivity index (χ4n) is 2.93. The molecule has 0 radical (unpaired) electrons. The number of nitrogens with zero attached hydrogens (tertiary/aromatic N) is 2. The van der Waals surface area contributed by atoms with E-state index in [1.54, 1.807) is 31.2 Å². The second kappa shape index (κ2) is 7.08. The number of hydrogen-bond acceptors (Lipinski definition) is 6. The fourth-order valence-corrected chi connectivity index (χ4v) is 2.93. The van der Waals surface area contributed by atoms with Gasteiger partial charge >= 0.3 is 0 Å². The number of nitrogens with one attached hydrogen (secondary N) is 1. The number of para-hydroxylation sites is 2. The van der Waals surface area contributed by atoms with Crippen LogP contribution in [0.25, 0.3) is 22.6 Å².